The molecule has 0 N–H and O–H groups in total. The molecule has 264 valence electrons. The largest absolute Gasteiger partial charge is 0.413 e. The van der Waals surface area contributed by atoms with Crippen molar-refractivity contribution in [1.82, 2.24) is 0 Å². The van der Waals surface area contributed by atoms with Gasteiger partial charge in [0.15, 0.2) is 16.6 Å². The molecule has 2 nitrogen and oxygen atoms in total. The van der Waals surface area contributed by atoms with Crippen LogP contribution in [0, 0.1) is 33.5 Å². The topological polar surface area (TPSA) is 18.5 Å². The van der Waals surface area contributed by atoms with E-state index in [-0.39, 0.29) is 31.7 Å². The van der Waals surface area contributed by atoms with Crippen molar-refractivity contribution in [2.75, 3.05) is 0 Å². The maximum absolute atomic E-state index is 7.22. The molecule has 4 rings (SSSR count). The summed E-state index contributed by atoms with van der Waals surface area (Å²) in [6, 6.07) is 0. The molecule has 46 heavy (non-hydrogen) atoms. The molecule has 0 saturated heterocycles. The van der Waals surface area contributed by atoms with E-state index in [4.69, 9.17) is 8.85 Å². The summed E-state index contributed by atoms with van der Waals surface area (Å²) < 4.78 is 14.4. The number of hydrogen-bond donors (Lipinski definition) is 0. The van der Waals surface area contributed by atoms with Crippen molar-refractivity contribution in [2.24, 2.45) is 33.5 Å². The molecule has 4 heteroatoms. The molecule has 0 aromatic rings. The molecule has 6 atom stereocenters. The van der Waals surface area contributed by atoms with Crippen LogP contribution in [0.5, 0.6) is 0 Å². The second kappa shape index (κ2) is 12.1. The minimum Gasteiger partial charge on any atom is -0.413 e. The Morgan fingerprint density at radius 2 is 0.870 bits per heavy atom. The summed E-state index contributed by atoms with van der Waals surface area (Å²) in [4.78, 5) is 0. The van der Waals surface area contributed by atoms with Crippen molar-refractivity contribution in [2.45, 2.75) is 197 Å². The summed E-state index contributed by atoms with van der Waals surface area (Å²) in [6.07, 6.45) is 15.8. The van der Waals surface area contributed by atoms with Gasteiger partial charge in [-0.15, -0.1) is 0 Å². The van der Waals surface area contributed by atoms with E-state index < -0.39 is 16.6 Å². The van der Waals surface area contributed by atoms with Gasteiger partial charge in [-0.05, 0) is 146 Å². The van der Waals surface area contributed by atoms with Crippen LogP contribution in [0.15, 0.2) is 34.4 Å². The summed E-state index contributed by atoms with van der Waals surface area (Å²) in [5, 5.41) is 0.482. The van der Waals surface area contributed by atoms with Crippen LogP contribution in [0.1, 0.15) is 148 Å². The lowest BCUT2D eigenvalue weighted by molar-refractivity contribution is -0.0809. The van der Waals surface area contributed by atoms with Crippen molar-refractivity contribution in [1.29, 1.82) is 0 Å². The molecule has 0 spiro atoms. The monoisotopic (exact) mass is 669 g/mol. The Bertz CT molecular complexity index is 1150. The molecular formula is C42H76O2Si2. The first-order valence-electron chi connectivity index (χ1n) is 19.1. The zero-order valence-electron chi connectivity index (χ0n) is 33.9. The van der Waals surface area contributed by atoms with E-state index in [2.05, 4.69) is 135 Å². The third-order valence-electron chi connectivity index (χ3n) is 15.5. The number of hydrogen-bond acceptors (Lipinski definition) is 2. The lowest BCUT2D eigenvalue weighted by Gasteiger charge is -2.59. The maximum Gasteiger partial charge on any atom is 0.192 e. The first kappa shape index (κ1) is 38.4. The molecule has 0 heterocycles. The maximum atomic E-state index is 7.22. The van der Waals surface area contributed by atoms with Gasteiger partial charge in [0.1, 0.15) is 0 Å². The summed E-state index contributed by atoms with van der Waals surface area (Å²) in [7, 11) is -3.68. The molecule has 0 aromatic heterocycles. The Hall–Kier alpha value is -0.426. The van der Waals surface area contributed by atoms with Crippen molar-refractivity contribution in [3.05, 3.63) is 34.4 Å². The van der Waals surface area contributed by atoms with Crippen LogP contribution in [0.25, 0.3) is 0 Å². The van der Waals surface area contributed by atoms with Gasteiger partial charge < -0.3 is 8.85 Å². The smallest absolute Gasteiger partial charge is 0.192 e. The predicted molar refractivity (Wildman–Crippen MR) is 206 cm³/mol. The summed E-state index contributed by atoms with van der Waals surface area (Å²) in [5.74, 6) is 1.27. The Morgan fingerprint density at radius 3 is 1.15 bits per heavy atom. The second-order valence-corrected chi connectivity index (χ2v) is 30.7. The molecule has 0 aromatic carbocycles. The van der Waals surface area contributed by atoms with Crippen molar-refractivity contribution in [3.8, 4) is 0 Å². The third-order valence-corrected chi connectivity index (χ3v) is 24.5. The first-order valence-corrected chi connectivity index (χ1v) is 24.9. The van der Waals surface area contributed by atoms with E-state index in [1.807, 2.05) is 0 Å². The van der Waals surface area contributed by atoms with E-state index in [1.54, 1.807) is 22.3 Å². The van der Waals surface area contributed by atoms with E-state index >= 15 is 0 Å². The fourth-order valence-corrected chi connectivity index (χ4v) is 13.3. The van der Waals surface area contributed by atoms with Crippen LogP contribution in [0.4, 0.5) is 0 Å². The van der Waals surface area contributed by atoms with Gasteiger partial charge in [0, 0.05) is 0 Å². The number of allylic oxidation sites excluding steroid dienone is 6. The van der Waals surface area contributed by atoms with E-state index in [0.29, 0.717) is 24.0 Å². The first-order chi connectivity index (χ1) is 20.6. The summed E-state index contributed by atoms with van der Waals surface area (Å²) in [6.45, 7) is 44.4. The molecule has 4 aliphatic rings. The molecular weight excluding hydrogens is 593 g/mol. The molecule has 0 unspecified atom stereocenters. The highest BCUT2D eigenvalue weighted by molar-refractivity contribution is 6.74. The van der Waals surface area contributed by atoms with Gasteiger partial charge in [-0.2, -0.15) is 0 Å². The van der Waals surface area contributed by atoms with E-state index in [1.165, 1.54) is 51.4 Å². The molecule has 0 aliphatic heterocycles. The van der Waals surface area contributed by atoms with Crippen LogP contribution >= 0.6 is 0 Å². The van der Waals surface area contributed by atoms with Gasteiger partial charge >= 0.3 is 0 Å². The Balaban J connectivity index is 1.63. The molecule has 0 amide bonds. The average Bonchev–Trinajstić information content (AvgIpc) is 2.87. The molecule has 2 saturated carbocycles. The molecule has 4 aliphatic carbocycles. The minimum absolute atomic E-state index is 0.159. The van der Waals surface area contributed by atoms with Crippen molar-refractivity contribution >= 4 is 16.6 Å². The summed E-state index contributed by atoms with van der Waals surface area (Å²) in [5.41, 5.74) is 7.25. The summed E-state index contributed by atoms with van der Waals surface area (Å²) >= 11 is 0. The second-order valence-electron chi connectivity index (χ2n) is 21.2. The number of rotatable bonds is 6. The minimum atomic E-state index is -1.84. The zero-order valence-corrected chi connectivity index (χ0v) is 35.9. The van der Waals surface area contributed by atoms with Crippen LogP contribution in [0.3, 0.4) is 0 Å². The van der Waals surface area contributed by atoms with E-state index in [9.17, 15) is 0 Å². The van der Waals surface area contributed by atoms with Crippen molar-refractivity contribution in [3.63, 3.8) is 0 Å². The zero-order chi connectivity index (χ0) is 35.1. The number of fused-ring (bicyclic) bond motifs is 2. The quantitative estimate of drug-likeness (QED) is 0.262. The van der Waals surface area contributed by atoms with Crippen LogP contribution < -0.4 is 0 Å². The van der Waals surface area contributed by atoms with Gasteiger partial charge in [0.25, 0.3) is 0 Å². The van der Waals surface area contributed by atoms with Crippen LogP contribution in [-0.2, 0) is 8.85 Å². The van der Waals surface area contributed by atoms with Crippen LogP contribution in [-0.4, -0.2) is 28.8 Å². The van der Waals surface area contributed by atoms with Gasteiger partial charge in [0.2, 0.25) is 0 Å². The standard InChI is InChI=1S/C42H76O2Si2/c1-29-19-23-33-39(9,10)35(43-45(15,16)37(3,4)5)25-27-41(33,13)31(29)21-22-32-30(2)20-24-34-40(11,12)36(26-28-42(32,34)14)44-46(17,18)38(6,7)8/h21-22,33-36H,19-20,23-28H2,1-18H3/b22-21+/t33-,34-,35-,36-,41+,42+/m0/s1. The van der Waals surface area contributed by atoms with Gasteiger partial charge in [-0.1, -0.05) is 106 Å². The van der Waals surface area contributed by atoms with Gasteiger partial charge in [-0.3, -0.25) is 0 Å². The molecule has 0 radical (unpaired) electrons. The normalized spacial score (nSPS) is 35.8. The Labute approximate surface area is 289 Å². The highest BCUT2D eigenvalue weighted by Gasteiger charge is 2.57. The highest BCUT2D eigenvalue weighted by atomic mass is 28.4. The third kappa shape index (κ3) is 6.46. The van der Waals surface area contributed by atoms with Crippen LogP contribution in [0.2, 0.25) is 36.3 Å². The fraction of sp³-hybridized carbons (Fsp3) is 0.857. The van der Waals surface area contributed by atoms with Crippen molar-refractivity contribution < 1.29 is 8.85 Å². The fourth-order valence-electron chi connectivity index (χ4n) is 10.4. The Morgan fingerprint density at radius 1 is 0.565 bits per heavy atom. The molecule has 2 fully saturated rings. The average molecular weight is 669 g/mol. The van der Waals surface area contributed by atoms with Gasteiger partial charge in [0.05, 0.1) is 12.2 Å². The van der Waals surface area contributed by atoms with Gasteiger partial charge in [-0.25, -0.2) is 0 Å². The van der Waals surface area contributed by atoms with E-state index in [0.717, 1.165) is 0 Å². The predicted octanol–water partition coefficient (Wildman–Crippen LogP) is 13.4. The lowest BCUT2D eigenvalue weighted by atomic mass is 9.48. The SMILES string of the molecule is CC1=C(/C=C/C2=C(C)CC[C@H]3C(C)(C)[C@@H](O[Si](C)(C)C(C)(C)C)CC[C@]23C)[C@@]2(C)CC[C@H](O[Si](C)(C)C(C)(C)C)C(C)(C)[C@@H]2CC1. The molecule has 0 bridgehead atoms. The lowest BCUT2D eigenvalue weighted by Crippen LogP contribution is -2.56. The Kier molecular flexibility index (Phi) is 10.1. The highest BCUT2D eigenvalue weighted by Crippen LogP contribution is 2.63.